The van der Waals surface area contributed by atoms with Crippen LogP contribution in [0.25, 0.3) is 0 Å². The quantitative estimate of drug-likeness (QED) is 0.557. The van der Waals surface area contributed by atoms with Crippen LogP contribution in [0.3, 0.4) is 0 Å². The van der Waals surface area contributed by atoms with Crippen molar-refractivity contribution in [2.45, 2.75) is 31.9 Å². The number of aliphatic hydroxyl groups is 1. The van der Waals surface area contributed by atoms with Crippen LogP contribution >= 0.6 is 0 Å². The van der Waals surface area contributed by atoms with Crippen molar-refractivity contribution in [1.82, 2.24) is 5.32 Å². The molecule has 0 bridgehead atoms. The van der Waals surface area contributed by atoms with Crippen LogP contribution in [0.15, 0.2) is 0 Å². The predicted molar refractivity (Wildman–Crippen MR) is 37.7 cm³/mol. The minimum absolute atomic E-state index is 0.0833. The zero-order valence-electron chi connectivity index (χ0n) is 6.13. The van der Waals surface area contributed by atoms with Crippen molar-refractivity contribution in [2.24, 2.45) is 0 Å². The highest BCUT2D eigenvalue weighted by molar-refractivity contribution is 5.84. The van der Waals surface area contributed by atoms with Crippen molar-refractivity contribution in [3.8, 4) is 0 Å². The molecule has 0 aromatic rings. The molecule has 0 aromatic carbocycles. The van der Waals surface area contributed by atoms with E-state index in [2.05, 4.69) is 5.32 Å². The molecule has 1 aliphatic heterocycles. The Kier molecular flexibility index (Phi) is 2.40. The minimum Gasteiger partial charge on any atom is -0.392 e. The summed E-state index contributed by atoms with van der Waals surface area (Å²) in [5, 5.41) is 12.0. The molecule has 0 saturated carbocycles. The van der Waals surface area contributed by atoms with Gasteiger partial charge in [0.25, 0.3) is 0 Å². The zero-order valence-corrected chi connectivity index (χ0v) is 6.13. The summed E-state index contributed by atoms with van der Waals surface area (Å²) >= 11 is 0. The van der Waals surface area contributed by atoms with E-state index in [-0.39, 0.29) is 17.9 Å². The van der Waals surface area contributed by atoms with Crippen molar-refractivity contribution in [3.63, 3.8) is 0 Å². The zero-order chi connectivity index (χ0) is 7.56. The molecule has 1 aliphatic rings. The SMILES string of the molecule is CCC(=O)[C@@H]1C[C@@H](O)CN1. The third-order valence-electron chi connectivity index (χ3n) is 1.84. The standard InChI is InChI=1S/C7H13NO2/c1-2-7(10)6-3-5(9)4-8-6/h5-6,8-9H,2-4H2,1H3/t5-,6+/m1/s1. The van der Waals surface area contributed by atoms with Gasteiger partial charge in [-0.2, -0.15) is 0 Å². The van der Waals surface area contributed by atoms with Crippen LogP contribution in [0.2, 0.25) is 0 Å². The van der Waals surface area contributed by atoms with Crippen LogP contribution in [-0.2, 0) is 4.79 Å². The second kappa shape index (κ2) is 3.12. The third-order valence-corrected chi connectivity index (χ3v) is 1.84. The lowest BCUT2D eigenvalue weighted by Crippen LogP contribution is -2.29. The normalized spacial score (nSPS) is 32.6. The Morgan fingerprint density at radius 1 is 1.80 bits per heavy atom. The third kappa shape index (κ3) is 1.55. The summed E-state index contributed by atoms with van der Waals surface area (Å²) in [6.07, 6.45) is 0.831. The van der Waals surface area contributed by atoms with Gasteiger partial charge in [0.05, 0.1) is 12.1 Å². The van der Waals surface area contributed by atoms with Crippen molar-refractivity contribution < 1.29 is 9.90 Å². The van der Waals surface area contributed by atoms with Crippen LogP contribution in [0.4, 0.5) is 0 Å². The van der Waals surface area contributed by atoms with Gasteiger partial charge in [0.15, 0.2) is 0 Å². The fourth-order valence-corrected chi connectivity index (χ4v) is 1.21. The van der Waals surface area contributed by atoms with E-state index in [4.69, 9.17) is 5.11 Å². The van der Waals surface area contributed by atoms with Crippen LogP contribution < -0.4 is 5.32 Å². The molecule has 58 valence electrons. The minimum atomic E-state index is -0.319. The summed E-state index contributed by atoms with van der Waals surface area (Å²) in [4.78, 5) is 11.0. The molecule has 0 amide bonds. The van der Waals surface area contributed by atoms with Crippen molar-refractivity contribution in [2.75, 3.05) is 6.54 Å². The molecular weight excluding hydrogens is 130 g/mol. The van der Waals surface area contributed by atoms with E-state index in [1.807, 2.05) is 6.92 Å². The van der Waals surface area contributed by atoms with Gasteiger partial charge >= 0.3 is 0 Å². The Bertz CT molecular complexity index is 136. The first-order valence-corrected chi connectivity index (χ1v) is 3.68. The molecule has 0 aliphatic carbocycles. The van der Waals surface area contributed by atoms with E-state index < -0.39 is 0 Å². The van der Waals surface area contributed by atoms with Gasteiger partial charge in [0, 0.05) is 13.0 Å². The number of carbonyl (C=O) groups excluding carboxylic acids is 1. The van der Waals surface area contributed by atoms with Crippen LogP contribution in [-0.4, -0.2) is 29.6 Å². The number of rotatable bonds is 2. The number of nitrogens with one attached hydrogen (secondary N) is 1. The van der Waals surface area contributed by atoms with Crippen LogP contribution in [0.5, 0.6) is 0 Å². The molecule has 3 nitrogen and oxygen atoms in total. The van der Waals surface area contributed by atoms with Gasteiger partial charge in [-0.25, -0.2) is 0 Å². The molecule has 2 atom stereocenters. The first-order valence-electron chi connectivity index (χ1n) is 3.68. The number of hydrogen-bond donors (Lipinski definition) is 2. The maximum absolute atomic E-state index is 11.0. The van der Waals surface area contributed by atoms with Crippen molar-refractivity contribution in [3.05, 3.63) is 0 Å². The van der Waals surface area contributed by atoms with Gasteiger partial charge in [-0.3, -0.25) is 4.79 Å². The molecule has 10 heavy (non-hydrogen) atoms. The van der Waals surface area contributed by atoms with E-state index in [1.54, 1.807) is 0 Å². The summed E-state index contributed by atoms with van der Waals surface area (Å²) in [6.45, 7) is 2.41. The van der Waals surface area contributed by atoms with Gasteiger partial charge in [-0.05, 0) is 6.42 Å². The summed E-state index contributed by atoms with van der Waals surface area (Å²) in [7, 11) is 0. The number of Topliss-reactive ketones (excluding diaryl/α,β-unsaturated/α-hetero) is 1. The predicted octanol–water partition coefficient (Wildman–Crippen LogP) is -0.312. The summed E-state index contributed by atoms with van der Waals surface area (Å²) in [5.41, 5.74) is 0. The Morgan fingerprint density at radius 3 is 2.90 bits per heavy atom. The maximum Gasteiger partial charge on any atom is 0.149 e. The monoisotopic (exact) mass is 143 g/mol. The second-order valence-electron chi connectivity index (χ2n) is 2.67. The Hall–Kier alpha value is -0.410. The summed E-state index contributed by atoms with van der Waals surface area (Å²) in [5.74, 6) is 0.205. The van der Waals surface area contributed by atoms with Crippen LogP contribution in [0.1, 0.15) is 19.8 Å². The highest BCUT2D eigenvalue weighted by Gasteiger charge is 2.26. The number of hydrogen-bond acceptors (Lipinski definition) is 3. The van der Waals surface area contributed by atoms with E-state index >= 15 is 0 Å². The summed E-state index contributed by atoms with van der Waals surface area (Å²) in [6, 6.07) is -0.0833. The molecule has 0 unspecified atom stereocenters. The second-order valence-corrected chi connectivity index (χ2v) is 2.67. The average molecular weight is 143 g/mol. The number of carbonyl (C=O) groups is 1. The molecule has 1 fully saturated rings. The van der Waals surface area contributed by atoms with E-state index in [0.717, 1.165) is 0 Å². The number of β-amino-alcohol motifs (C(OH)–C–C–N with tert-alkyl or cyclic N) is 1. The van der Waals surface area contributed by atoms with Gasteiger partial charge in [0.1, 0.15) is 5.78 Å². The van der Waals surface area contributed by atoms with Gasteiger partial charge < -0.3 is 10.4 Å². The largest absolute Gasteiger partial charge is 0.392 e. The smallest absolute Gasteiger partial charge is 0.149 e. The molecule has 1 saturated heterocycles. The molecular formula is C7H13NO2. The van der Waals surface area contributed by atoms with Gasteiger partial charge in [-0.15, -0.1) is 0 Å². The molecule has 0 spiro atoms. The topological polar surface area (TPSA) is 49.3 Å². The van der Waals surface area contributed by atoms with E-state index in [1.165, 1.54) is 0 Å². The molecule has 0 aromatic heterocycles. The highest BCUT2D eigenvalue weighted by Crippen LogP contribution is 2.07. The van der Waals surface area contributed by atoms with Crippen molar-refractivity contribution >= 4 is 5.78 Å². The highest BCUT2D eigenvalue weighted by atomic mass is 16.3. The number of aliphatic hydroxyl groups excluding tert-OH is 1. The van der Waals surface area contributed by atoms with Gasteiger partial charge in [0.2, 0.25) is 0 Å². The molecule has 1 rings (SSSR count). The Labute approximate surface area is 60.4 Å². The van der Waals surface area contributed by atoms with E-state index in [0.29, 0.717) is 19.4 Å². The fraction of sp³-hybridized carbons (Fsp3) is 0.857. The molecule has 2 N–H and O–H groups in total. The Balaban J connectivity index is 2.37. The average Bonchev–Trinajstić information content (AvgIpc) is 2.34. The lowest BCUT2D eigenvalue weighted by atomic mass is 10.1. The summed E-state index contributed by atoms with van der Waals surface area (Å²) < 4.78 is 0. The molecule has 1 heterocycles. The lowest BCUT2D eigenvalue weighted by molar-refractivity contribution is -0.120. The maximum atomic E-state index is 11.0. The fourth-order valence-electron chi connectivity index (χ4n) is 1.21. The number of ketones is 1. The van der Waals surface area contributed by atoms with Crippen LogP contribution in [0, 0.1) is 0 Å². The lowest BCUT2D eigenvalue weighted by Gasteiger charge is -2.04. The first kappa shape index (κ1) is 7.69. The Morgan fingerprint density at radius 2 is 2.50 bits per heavy atom. The van der Waals surface area contributed by atoms with E-state index in [9.17, 15) is 4.79 Å². The molecule has 3 heteroatoms. The molecule has 0 radical (unpaired) electrons. The van der Waals surface area contributed by atoms with Crippen molar-refractivity contribution in [1.29, 1.82) is 0 Å². The van der Waals surface area contributed by atoms with Gasteiger partial charge in [-0.1, -0.05) is 6.92 Å². The first-order chi connectivity index (χ1) is 4.74.